The third-order valence-corrected chi connectivity index (χ3v) is 6.42. The normalized spacial score (nSPS) is 16.4. The Morgan fingerprint density at radius 1 is 1.06 bits per heavy atom. The molecule has 7 nitrogen and oxygen atoms in total. The molecule has 0 unspecified atom stereocenters. The molecule has 0 radical (unpaired) electrons. The van der Waals surface area contributed by atoms with Crippen LogP contribution in [-0.2, 0) is 14.8 Å². The van der Waals surface area contributed by atoms with Gasteiger partial charge in [0.1, 0.15) is 11.8 Å². The third kappa shape index (κ3) is 4.39. The molecule has 2 heterocycles. The Morgan fingerprint density at radius 2 is 1.77 bits per heavy atom. The topological polar surface area (TPSA) is 92.0 Å². The number of anilines is 1. The fourth-order valence-corrected chi connectivity index (χ4v) is 4.48. The van der Waals surface area contributed by atoms with E-state index >= 15 is 0 Å². The lowest BCUT2D eigenvalue weighted by molar-refractivity contribution is -0.136. The van der Waals surface area contributed by atoms with Crippen LogP contribution in [0.5, 0.6) is 0 Å². The maximum atomic E-state index is 12.7. The Morgan fingerprint density at radius 3 is 2.39 bits per heavy atom. The molecule has 0 aliphatic carbocycles. The monoisotopic (exact) mass is 437 g/mol. The smallest absolute Gasteiger partial charge is 0.261 e. The van der Waals surface area contributed by atoms with Crippen molar-refractivity contribution in [2.45, 2.75) is 31.2 Å². The lowest BCUT2D eigenvalue weighted by Crippen LogP contribution is -2.30. The van der Waals surface area contributed by atoms with E-state index < -0.39 is 10.0 Å². The number of carbonyl (C=O) groups is 1. The Balaban J connectivity index is 1.56. The van der Waals surface area contributed by atoms with Crippen LogP contribution in [0.4, 0.5) is 5.69 Å². The summed E-state index contributed by atoms with van der Waals surface area (Å²) in [5, 5.41) is 6.06. The molecule has 1 aliphatic heterocycles. The van der Waals surface area contributed by atoms with Crippen molar-refractivity contribution >= 4 is 27.3 Å². The van der Waals surface area contributed by atoms with Crippen LogP contribution in [0.3, 0.4) is 0 Å². The second-order valence-corrected chi connectivity index (χ2v) is 9.30. The molecule has 8 heteroatoms. The molecule has 3 aromatic rings. The van der Waals surface area contributed by atoms with E-state index in [4.69, 9.17) is 4.42 Å². The highest BCUT2D eigenvalue weighted by Crippen LogP contribution is 2.34. The number of sulfonamides is 1. The molecular formula is C23H23N3O4S. The number of amides is 1. The second-order valence-electron chi connectivity index (χ2n) is 7.62. The van der Waals surface area contributed by atoms with Gasteiger partial charge in [0.15, 0.2) is 0 Å². The van der Waals surface area contributed by atoms with E-state index in [1.165, 1.54) is 5.01 Å². The van der Waals surface area contributed by atoms with E-state index in [0.717, 1.165) is 11.3 Å². The zero-order valence-corrected chi connectivity index (χ0v) is 18.0. The fourth-order valence-electron chi connectivity index (χ4n) is 3.40. The molecule has 2 aromatic carbocycles. The van der Waals surface area contributed by atoms with Gasteiger partial charge < -0.3 is 4.42 Å². The quantitative estimate of drug-likeness (QED) is 0.618. The summed E-state index contributed by atoms with van der Waals surface area (Å²) < 4.78 is 33.1. The highest BCUT2D eigenvalue weighted by Gasteiger charge is 2.35. The summed E-state index contributed by atoms with van der Waals surface area (Å²) in [5.74, 6) is 0.402. The first-order valence-electron chi connectivity index (χ1n) is 9.97. The number of carbonyl (C=O) groups excluding carboxylic acids is 1. The summed E-state index contributed by atoms with van der Waals surface area (Å²) in [4.78, 5) is 12.9. The summed E-state index contributed by atoms with van der Waals surface area (Å²) >= 11 is 0. The van der Waals surface area contributed by atoms with Gasteiger partial charge in [-0.15, -0.1) is 0 Å². The van der Waals surface area contributed by atoms with Gasteiger partial charge in [-0.05, 0) is 42.0 Å². The molecule has 1 amide bonds. The molecule has 0 spiro atoms. The van der Waals surface area contributed by atoms with Gasteiger partial charge in [-0.3, -0.25) is 9.52 Å². The minimum atomic E-state index is -3.66. The molecule has 4 rings (SSSR count). The maximum Gasteiger partial charge on any atom is 0.261 e. The van der Waals surface area contributed by atoms with Crippen molar-refractivity contribution < 1.29 is 17.6 Å². The van der Waals surface area contributed by atoms with Crippen LogP contribution >= 0.6 is 0 Å². The van der Waals surface area contributed by atoms with Crippen molar-refractivity contribution in [3.63, 3.8) is 0 Å². The maximum absolute atomic E-state index is 12.7. The first-order chi connectivity index (χ1) is 14.8. The predicted octanol–water partition coefficient (Wildman–Crippen LogP) is 4.41. The van der Waals surface area contributed by atoms with E-state index in [2.05, 4.69) is 9.82 Å². The number of nitrogens with one attached hydrogen (secondary N) is 1. The van der Waals surface area contributed by atoms with Gasteiger partial charge in [-0.2, -0.15) is 5.10 Å². The van der Waals surface area contributed by atoms with E-state index in [1.54, 1.807) is 66.9 Å². The van der Waals surface area contributed by atoms with Crippen LogP contribution < -0.4 is 4.72 Å². The fraction of sp³-hybridized carbons (Fsp3) is 0.217. The molecule has 1 atom stereocenters. The van der Waals surface area contributed by atoms with Crippen LogP contribution in [0.15, 0.2) is 87.4 Å². The van der Waals surface area contributed by atoms with E-state index in [9.17, 15) is 13.2 Å². The lowest BCUT2D eigenvalue weighted by Gasteiger charge is -2.21. The number of hydrogen-bond acceptors (Lipinski definition) is 5. The van der Waals surface area contributed by atoms with Crippen LogP contribution in [0, 0.1) is 5.92 Å². The minimum Gasteiger partial charge on any atom is -0.467 e. The van der Waals surface area contributed by atoms with Gasteiger partial charge in [0.2, 0.25) is 5.91 Å². The molecule has 0 saturated heterocycles. The molecule has 1 N–H and O–H groups in total. The average Bonchev–Trinajstić information content (AvgIpc) is 3.44. The third-order valence-electron chi connectivity index (χ3n) is 5.03. The van der Waals surface area contributed by atoms with Crippen molar-refractivity contribution in [2.75, 3.05) is 4.72 Å². The highest BCUT2D eigenvalue weighted by atomic mass is 32.2. The SMILES string of the molecule is CC(C)C(=O)N1N=C(c2ccc(NS(=O)(=O)c3ccccc3)cc2)C[C@H]1c1ccco1. The van der Waals surface area contributed by atoms with E-state index in [1.807, 2.05) is 19.9 Å². The van der Waals surface area contributed by atoms with Crippen molar-refractivity contribution in [1.29, 1.82) is 0 Å². The van der Waals surface area contributed by atoms with Crippen LogP contribution in [0.2, 0.25) is 0 Å². The summed E-state index contributed by atoms with van der Waals surface area (Å²) in [6, 6.07) is 18.5. The minimum absolute atomic E-state index is 0.0800. The number of rotatable bonds is 6. The largest absolute Gasteiger partial charge is 0.467 e. The number of nitrogens with zero attached hydrogens (tertiary/aromatic N) is 2. The van der Waals surface area contributed by atoms with E-state index in [-0.39, 0.29) is 22.8 Å². The van der Waals surface area contributed by atoms with Gasteiger partial charge >= 0.3 is 0 Å². The van der Waals surface area contributed by atoms with Gasteiger partial charge in [-0.25, -0.2) is 13.4 Å². The number of hydrogen-bond donors (Lipinski definition) is 1. The van der Waals surface area contributed by atoms with Gasteiger partial charge in [0, 0.05) is 18.0 Å². The zero-order chi connectivity index (χ0) is 22.0. The number of benzene rings is 2. The molecule has 0 bridgehead atoms. The Hall–Kier alpha value is -3.39. The average molecular weight is 438 g/mol. The summed E-state index contributed by atoms with van der Waals surface area (Å²) in [5.41, 5.74) is 2.01. The molecule has 1 aromatic heterocycles. The van der Waals surface area contributed by atoms with Crippen molar-refractivity contribution in [2.24, 2.45) is 11.0 Å². The first kappa shape index (κ1) is 20.9. The van der Waals surface area contributed by atoms with Crippen LogP contribution in [0.1, 0.15) is 37.6 Å². The highest BCUT2D eigenvalue weighted by molar-refractivity contribution is 7.92. The molecule has 0 saturated carbocycles. The first-order valence-corrected chi connectivity index (χ1v) is 11.5. The lowest BCUT2D eigenvalue weighted by atomic mass is 10.0. The van der Waals surface area contributed by atoms with Crippen molar-refractivity contribution in [3.05, 3.63) is 84.3 Å². The molecule has 1 aliphatic rings. The standard InChI is InChI=1S/C23H23N3O4S/c1-16(2)23(27)26-21(22-9-6-14-30-22)15-20(24-26)17-10-12-18(13-11-17)25-31(28,29)19-7-4-3-5-8-19/h3-14,16,21,25H,15H2,1-2H3/t21-/m0/s1. The summed E-state index contributed by atoms with van der Waals surface area (Å²) in [6.07, 6.45) is 2.10. The van der Waals surface area contributed by atoms with Crippen molar-refractivity contribution in [3.8, 4) is 0 Å². The number of hydrazone groups is 1. The van der Waals surface area contributed by atoms with E-state index in [0.29, 0.717) is 17.9 Å². The summed E-state index contributed by atoms with van der Waals surface area (Å²) in [6.45, 7) is 3.67. The van der Waals surface area contributed by atoms with Crippen LogP contribution in [-0.4, -0.2) is 25.0 Å². The van der Waals surface area contributed by atoms with Gasteiger partial charge in [-0.1, -0.05) is 44.2 Å². The van der Waals surface area contributed by atoms with Gasteiger partial charge in [0.25, 0.3) is 10.0 Å². The second kappa shape index (κ2) is 8.39. The van der Waals surface area contributed by atoms with Gasteiger partial charge in [0.05, 0.1) is 16.9 Å². The predicted molar refractivity (Wildman–Crippen MR) is 118 cm³/mol. The summed E-state index contributed by atoms with van der Waals surface area (Å²) in [7, 11) is -3.66. The Kier molecular flexibility index (Phi) is 5.65. The Bertz CT molecular complexity index is 1190. The molecule has 31 heavy (non-hydrogen) atoms. The number of furan rings is 1. The molecular weight excluding hydrogens is 414 g/mol. The zero-order valence-electron chi connectivity index (χ0n) is 17.2. The molecule has 0 fully saturated rings. The van der Waals surface area contributed by atoms with Crippen molar-refractivity contribution in [1.82, 2.24) is 5.01 Å². The molecule has 160 valence electrons. The van der Waals surface area contributed by atoms with Crippen LogP contribution in [0.25, 0.3) is 0 Å². The Labute approximate surface area is 181 Å².